The number of hydrogen-bond donors (Lipinski definition) is 2. The van der Waals surface area contributed by atoms with Crippen LogP contribution in [0.5, 0.6) is 0 Å². The summed E-state index contributed by atoms with van der Waals surface area (Å²) < 4.78 is 7.19. The number of nitrogens with one attached hydrogen (secondary N) is 2. The third kappa shape index (κ3) is 5.04. The molecule has 2 N–H and O–H groups in total. The molecule has 118 valence electrons. The molecule has 1 aliphatic rings. The molecule has 1 aliphatic heterocycles. The van der Waals surface area contributed by atoms with Gasteiger partial charge in [-0.05, 0) is 32.1 Å². The molecule has 1 saturated heterocycles. The fraction of sp³-hybridized carbons (Fsp3) is 0.733. The lowest BCUT2D eigenvalue weighted by Crippen LogP contribution is -2.51. The minimum Gasteiger partial charge on any atom is -0.381 e. The van der Waals surface area contributed by atoms with E-state index in [-0.39, 0.29) is 11.6 Å². The molecule has 6 heteroatoms. The van der Waals surface area contributed by atoms with E-state index in [9.17, 15) is 4.79 Å². The van der Waals surface area contributed by atoms with Gasteiger partial charge >= 0.3 is 6.03 Å². The maximum atomic E-state index is 12.0. The third-order valence-electron chi connectivity index (χ3n) is 3.83. The van der Waals surface area contributed by atoms with Crippen LogP contribution in [0.2, 0.25) is 0 Å². The Hall–Kier alpha value is -1.56. The minimum atomic E-state index is -0.200. The van der Waals surface area contributed by atoms with Gasteiger partial charge in [0, 0.05) is 37.6 Å². The van der Waals surface area contributed by atoms with Crippen LogP contribution in [0.1, 0.15) is 40.0 Å². The number of urea groups is 1. The lowest BCUT2D eigenvalue weighted by Gasteiger charge is -2.34. The zero-order chi connectivity index (χ0) is 15.3. The van der Waals surface area contributed by atoms with Gasteiger partial charge in [-0.3, -0.25) is 10.00 Å². The molecule has 0 aromatic carbocycles. The lowest BCUT2D eigenvalue weighted by atomic mass is 9.93. The standard InChI is InChI=1S/C15H26N4O2/c1-12(2)4-8-19-9-5-13(18-19)16-14(20)17-15(3)6-10-21-11-7-15/h5,9,12H,4,6-8,10-11H2,1-3H3,(H2,16,17,18,20). The first-order chi connectivity index (χ1) is 9.97. The van der Waals surface area contributed by atoms with Crippen LogP contribution >= 0.6 is 0 Å². The van der Waals surface area contributed by atoms with E-state index in [1.807, 2.05) is 16.9 Å². The van der Waals surface area contributed by atoms with Gasteiger partial charge in [0.1, 0.15) is 0 Å². The van der Waals surface area contributed by atoms with Gasteiger partial charge in [0.25, 0.3) is 0 Å². The molecule has 2 rings (SSSR count). The molecule has 2 amide bonds. The number of nitrogens with zero attached hydrogens (tertiary/aromatic N) is 2. The molecule has 21 heavy (non-hydrogen) atoms. The molecule has 0 bridgehead atoms. The normalized spacial score (nSPS) is 17.7. The number of carbonyl (C=O) groups is 1. The molecule has 0 unspecified atom stereocenters. The maximum Gasteiger partial charge on any atom is 0.320 e. The fourth-order valence-corrected chi connectivity index (χ4v) is 2.31. The van der Waals surface area contributed by atoms with Crippen molar-refractivity contribution in [3.8, 4) is 0 Å². The van der Waals surface area contributed by atoms with Crippen molar-refractivity contribution in [1.82, 2.24) is 15.1 Å². The highest BCUT2D eigenvalue weighted by atomic mass is 16.5. The smallest absolute Gasteiger partial charge is 0.320 e. The average molecular weight is 294 g/mol. The summed E-state index contributed by atoms with van der Waals surface area (Å²) in [6, 6.07) is 1.63. The van der Waals surface area contributed by atoms with Crippen molar-refractivity contribution in [3.05, 3.63) is 12.3 Å². The summed E-state index contributed by atoms with van der Waals surface area (Å²) in [6.07, 6.45) is 4.64. The first kappa shape index (κ1) is 15.8. The third-order valence-corrected chi connectivity index (χ3v) is 3.83. The highest BCUT2D eigenvalue weighted by molar-refractivity contribution is 5.88. The van der Waals surface area contributed by atoms with Crippen molar-refractivity contribution in [3.63, 3.8) is 0 Å². The molecular formula is C15H26N4O2. The number of anilines is 1. The molecule has 1 fully saturated rings. The van der Waals surface area contributed by atoms with E-state index in [2.05, 4.69) is 36.5 Å². The maximum absolute atomic E-state index is 12.0. The molecular weight excluding hydrogens is 268 g/mol. The van der Waals surface area contributed by atoms with Gasteiger partial charge in [0.15, 0.2) is 5.82 Å². The van der Waals surface area contributed by atoms with Gasteiger partial charge in [-0.2, -0.15) is 5.10 Å². The number of rotatable bonds is 5. The summed E-state index contributed by atoms with van der Waals surface area (Å²) in [7, 11) is 0. The molecule has 0 atom stereocenters. The van der Waals surface area contributed by atoms with Crippen LogP contribution in [0.4, 0.5) is 10.6 Å². The Bertz CT molecular complexity index is 464. The van der Waals surface area contributed by atoms with Crippen molar-refractivity contribution in [2.24, 2.45) is 5.92 Å². The largest absolute Gasteiger partial charge is 0.381 e. The Morgan fingerprint density at radius 1 is 1.48 bits per heavy atom. The number of aryl methyl sites for hydroxylation is 1. The van der Waals surface area contributed by atoms with Crippen LogP contribution in [0.3, 0.4) is 0 Å². The summed E-state index contributed by atoms with van der Waals surface area (Å²) in [4.78, 5) is 12.0. The van der Waals surface area contributed by atoms with Crippen molar-refractivity contribution in [1.29, 1.82) is 0 Å². The van der Waals surface area contributed by atoms with Gasteiger partial charge in [-0.15, -0.1) is 0 Å². The molecule has 0 spiro atoms. The molecule has 2 heterocycles. The van der Waals surface area contributed by atoms with E-state index in [0.29, 0.717) is 24.9 Å². The summed E-state index contributed by atoms with van der Waals surface area (Å²) in [5, 5.41) is 10.2. The van der Waals surface area contributed by atoms with E-state index < -0.39 is 0 Å². The number of ether oxygens (including phenoxy) is 1. The molecule has 1 aromatic rings. The van der Waals surface area contributed by atoms with Crippen LogP contribution < -0.4 is 10.6 Å². The van der Waals surface area contributed by atoms with E-state index in [1.54, 1.807) is 0 Å². The van der Waals surface area contributed by atoms with Crippen molar-refractivity contribution < 1.29 is 9.53 Å². The zero-order valence-electron chi connectivity index (χ0n) is 13.2. The second kappa shape index (κ2) is 6.93. The topological polar surface area (TPSA) is 68.2 Å². The second-order valence-corrected chi connectivity index (χ2v) is 6.40. The van der Waals surface area contributed by atoms with Gasteiger partial charge in [0.2, 0.25) is 0 Å². The van der Waals surface area contributed by atoms with Gasteiger partial charge in [-0.25, -0.2) is 4.79 Å². The Balaban J connectivity index is 1.82. The van der Waals surface area contributed by atoms with E-state index in [1.165, 1.54) is 0 Å². The Labute approximate surface area is 126 Å². The van der Waals surface area contributed by atoms with Crippen LogP contribution in [-0.4, -0.2) is 34.6 Å². The summed E-state index contributed by atoms with van der Waals surface area (Å²) in [5.41, 5.74) is -0.192. The average Bonchev–Trinajstić information content (AvgIpc) is 2.84. The first-order valence-corrected chi connectivity index (χ1v) is 7.67. The van der Waals surface area contributed by atoms with Gasteiger partial charge < -0.3 is 10.1 Å². The Morgan fingerprint density at radius 3 is 2.86 bits per heavy atom. The number of aromatic nitrogens is 2. The van der Waals surface area contributed by atoms with Crippen LogP contribution in [0.25, 0.3) is 0 Å². The highest BCUT2D eigenvalue weighted by Crippen LogP contribution is 2.19. The van der Waals surface area contributed by atoms with Crippen LogP contribution in [0.15, 0.2) is 12.3 Å². The van der Waals surface area contributed by atoms with E-state index in [0.717, 1.165) is 25.8 Å². The van der Waals surface area contributed by atoms with Gasteiger partial charge in [0.05, 0.1) is 0 Å². The monoisotopic (exact) mass is 294 g/mol. The lowest BCUT2D eigenvalue weighted by molar-refractivity contribution is 0.0499. The molecule has 6 nitrogen and oxygen atoms in total. The van der Waals surface area contributed by atoms with Crippen molar-refractivity contribution in [2.75, 3.05) is 18.5 Å². The second-order valence-electron chi connectivity index (χ2n) is 6.40. The van der Waals surface area contributed by atoms with Crippen molar-refractivity contribution in [2.45, 2.75) is 52.1 Å². The van der Waals surface area contributed by atoms with Gasteiger partial charge in [-0.1, -0.05) is 13.8 Å². The van der Waals surface area contributed by atoms with Crippen molar-refractivity contribution >= 4 is 11.8 Å². The molecule has 0 saturated carbocycles. The predicted octanol–water partition coefficient (Wildman–Crippen LogP) is 2.62. The zero-order valence-corrected chi connectivity index (χ0v) is 13.2. The number of hydrogen-bond acceptors (Lipinski definition) is 3. The van der Waals surface area contributed by atoms with Crippen LogP contribution in [-0.2, 0) is 11.3 Å². The van der Waals surface area contributed by atoms with E-state index in [4.69, 9.17) is 4.74 Å². The summed E-state index contributed by atoms with van der Waals surface area (Å²) >= 11 is 0. The Morgan fingerprint density at radius 2 is 2.19 bits per heavy atom. The van der Waals surface area contributed by atoms with E-state index >= 15 is 0 Å². The summed E-state index contributed by atoms with van der Waals surface area (Å²) in [5.74, 6) is 1.23. The Kier molecular flexibility index (Phi) is 5.22. The molecule has 0 aliphatic carbocycles. The fourth-order valence-electron chi connectivity index (χ4n) is 2.31. The molecule has 1 aromatic heterocycles. The predicted molar refractivity (Wildman–Crippen MR) is 82.3 cm³/mol. The number of amides is 2. The number of carbonyl (C=O) groups excluding carboxylic acids is 1. The summed E-state index contributed by atoms with van der Waals surface area (Å²) in [6.45, 7) is 8.68. The molecule has 0 radical (unpaired) electrons. The minimum absolute atomic E-state index is 0.192. The van der Waals surface area contributed by atoms with Crippen LogP contribution in [0, 0.1) is 5.92 Å². The highest BCUT2D eigenvalue weighted by Gasteiger charge is 2.29. The quantitative estimate of drug-likeness (QED) is 0.877. The SMILES string of the molecule is CC(C)CCn1ccc(NC(=O)NC2(C)CCOCC2)n1. The first-order valence-electron chi connectivity index (χ1n) is 7.67.